The summed E-state index contributed by atoms with van der Waals surface area (Å²) in [6, 6.07) is 4.61. The van der Waals surface area contributed by atoms with Gasteiger partial charge in [-0.25, -0.2) is 0 Å². The molecular weight excluding hydrogens is 268 g/mol. The van der Waals surface area contributed by atoms with Crippen LogP contribution in [-0.2, 0) is 11.3 Å². The fraction of sp³-hybridized carbons (Fsp3) is 0.500. The Hall–Kier alpha value is -1.85. The third-order valence-electron chi connectivity index (χ3n) is 3.36. The first-order valence-corrected chi connectivity index (χ1v) is 6.40. The van der Waals surface area contributed by atoms with Gasteiger partial charge in [-0.15, -0.1) is 0 Å². The fourth-order valence-corrected chi connectivity index (χ4v) is 2.02. The van der Waals surface area contributed by atoms with Crippen LogP contribution in [0.2, 0.25) is 0 Å². The summed E-state index contributed by atoms with van der Waals surface area (Å²) in [7, 11) is 1.38. The van der Waals surface area contributed by atoms with Crippen LogP contribution in [0.3, 0.4) is 0 Å². The molecule has 110 valence electrons. The van der Waals surface area contributed by atoms with Gasteiger partial charge < -0.3 is 14.8 Å². The van der Waals surface area contributed by atoms with E-state index in [1.165, 1.54) is 13.2 Å². The summed E-state index contributed by atoms with van der Waals surface area (Å²) in [4.78, 5) is 11.7. The van der Waals surface area contributed by atoms with Gasteiger partial charge in [0.1, 0.15) is 0 Å². The smallest absolute Gasteiger partial charge is 0.387 e. The molecule has 0 radical (unpaired) electrons. The van der Waals surface area contributed by atoms with Crippen LogP contribution in [0.15, 0.2) is 18.2 Å². The van der Waals surface area contributed by atoms with E-state index in [9.17, 15) is 13.6 Å². The lowest BCUT2D eigenvalue weighted by Crippen LogP contribution is -2.24. The van der Waals surface area contributed by atoms with Gasteiger partial charge in [0.25, 0.3) is 0 Å². The van der Waals surface area contributed by atoms with Crippen molar-refractivity contribution in [2.45, 2.75) is 26.5 Å². The van der Waals surface area contributed by atoms with Crippen LogP contribution in [0.5, 0.6) is 11.5 Å². The van der Waals surface area contributed by atoms with E-state index in [0.29, 0.717) is 12.5 Å². The minimum absolute atomic E-state index is 0.0200. The normalized spacial score (nSPS) is 20.6. The van der Waals surface area contributed by atoms with Crippen molar-refractivity contribution < 1.29 is 23.0 Å². The lowest BCUT2D eigenvalue weighted by Gasteiger charge is -2.12. The second-order valence-electron chi connectivity index (χ2n) is 4.90. The molecule has 0 heterocycles. The third kappa shape index (κ3) is 3.59. The predicted molar refractivity (Wildman–Crippen MR) is 68.7 cm³/mol. The molecule has 1 saturated carbocycles. The van der Waals surface area contributed by atoms with Crippen molar-refractivity contribution in [1.82, 2.24) is 5.32 Å². The molecule has 1 N–H and O–H groups in total. The zero-order valence-corrected chi connectivity index (χ0v) is 11.4. The number of benzene rings is 1. The highest BCUT2D eigenvalue weighted by Gasteiger charge is 2.38. The van der Waals surface area contributed by atoms with Crippen molar-refractivity contribution in [2.75, 3.05) is 7.11 Å². The number of nitrogens with one attached hydrogen (secondary N) is 1. The molecule has 2 rings (SSSR count). The van der Waals surface area contributed by atoms with Crippen LogP contribution < -0.4 is 14.8 Å². The Kier molecular flexibility index (Phi) is 4.42. The maximum Gasteiger partial charge on any atom is 0.387 e. The Morgan fingerprint density at radius 3 is 2.70 bits per heavy atom. The van der Waals surface area contributed by atoms with Crippen LogP contribution in [0.25, 0.3) is 0 Å². The number of amides is 1. The van der Waals surface area contributed by atoms with Crippen molar-refractivity contribution in [2.24, 2.45) is 11.8 Å². The van der Waals surface area contributed by atoms with Gasteiger partial charge in [-0.05, 0) is 30.0 Å². The van der Waals surface area contributed by atoms with Crippen LogP contribution in [0, 0.1) is 11.8 Å². The molecule has 0 spiro atoms. The maximum atomic E-state index is 12.2. The van der Waals surface area contributed by atoms with Crippen LogP contribution in [-0.4, -0.2) is 19.6 Å². The van der Waals surface area contributed by atoms with Crippen molar-refractivity contribution in [3.05, 3.63) is 23.8 Å². The molecule has 1 amide bonds. The molecule has 6 heteroatoms. The molecule has 20 heavy (non-hydrogen) atoms. The molecule has 0 saturated heterocycles. The quantitative estimate of drug-likeness (QED) is 0.874. The molecule has 0 aliphatic heterocycles. The first-order valence-electron chi connectivity index (χ1n) is 6.40. The number of hydrogen-bond donors (Lipinski definition) is 1. The topological polar surface area (TPSA) is 47.6 Å². The van der Waals surface area contributed by atoms with E-state index in [4.69, 9.17) is 4.74 Å². The summed E-state index contributed by atoms with van der Waals surface area (Å²) in [5, 5.41) is 2.82. The Labute approximate surface area is 116 Å². The number of ether oxygens (including phenoxy) is 2. The number of rotatable bonds is 6. The molecule has 0 unspecified atom stereocenters. The second kappa shape index (κ2) is 6.07. The van der Waals surface area contributed by atoms with E-state index >= 15 is 0 Å². The summed E-state index contributed by atoms with van der Waals surface area (Å²) in [5.41, 5.74) is 0.769. The van der Waals surface area contributed by atoms with Gasteiger partial charge in [-0.2, -0.15) is 8.78 Å². The molecule has 1 aromatic rings. The zero-order chi connectivity index (χ0) is 14.7. The summed E-state index contributed by atoms with van der Waals surface area (Å²) in [5.74, 6) is 0.791. The van der Waals surface area contributed by atoms with E-state index in [0.717, 1.165) is 12.0 Å². The molecule has 1 aliphatic carbocycles. The fourth-order valence-electron chi connectivity index (χ4n) is 2.02. The Balaban J connectivity index is 1.96. The van der Waals surface area contributed by atoms with Crippen LogP contribution in [0.4, 0.5) is 8.78 Å². The van der Waals surface area contributed by atoms with Crippen molar-refractivity contribution in [3.63, 3.8) is 0 Å². The average Bonchev–Trinajstić information content (AvgIpc) is 3.13. The molecule has 0 aromatic heterocycles. The first-order chi connectivity index (χ1) is 9.51. The maximum absolute atomic E-state index is 12.2. The van der Waals surface area contributed by atoms with E-state index in [2.05, 4.69) is 10.1 Å². The molecule has 1 fully saturated rings. The predicted octanol–water partition coefficient (Wildman–Crippen LogP) is 2.57. The van der Waals surface area contributed by atoms with Crippen molar-refractivity contribution in [3.8, 4) is 11.5 Å². The molecule has 1 aliphatic rings. The van der Waals surface area contributed by atoms with Gasteiger partial charge in [-0.1, -0.05) is 13.0 Å². The number of carbonyl (C=O) groups excluding carboxylic acids is 1. The summed E-state index contributed by atoms with van der Waals surface area (Å²) in [6.07, 6.45) is 0.927. The van der Waals surface area contributed by atoms with Gasteiger partial charge in [-0.3, -0.25) is 4.79 Å². The summed E-state index contributed by atoms with van der Waals surface area (Å²) >= 11 is 0. The average molecular weight is 285 g/mol. The van der Waals surface area contributed by atoms with E-state index in [1.807, 2.05) is 6.92 Å². The second-order valence-corrected chi connectivity index (χ2v) is 4.90. The van der Waals surface area contributed by atoms with Gasteiger partial charge >= 0.3 is 6.61 Å². The largest absolute Gasteiger partial charge is 0.493 e. The highest BCUT2D eigenvalue weighted by Crippen LogP contribution is 2.37. The third-order valence-corrected chi connectivity index (χ3v) is 3.36. The Morgan fingerprint density at radius 2 is 2.15 bits per heavy atom. The Bertz CT molecular complexity index is 493. The monoisotopic (exact) mass is 285 g/mol. The lowest BCUT2D eigenvalue weighted by atomic mass is 10.2. The SMILES string of the molecule is COc1cc(CNC(=O)[C@@H]2C[C@@H]2C)ccc1OC(F)F. The first kappa shape index (κ1) is 14.6. The van der Waals surface area contributed by atoms with Crippen LogP contribution in [0.1, 0.15) is 18.9 Å². The number of hydrogen-bond acceptors (Lipinski definition) is 3. The minimum atomic E-state index is -2.90. The van der Waals surface area contributed by atoms with Gasteiger partial charge in [0.2, 0.25) is 5.91 Å². The number of methoxy groups -OCH3 is 1. The molecule has 4 nitrogen and oxygen atoms in total. The van der Waals surface area contributed by atoms with Gasteiger partial charge in [0.15, 0.2) is 11.5 Å². The van der Waals surface area contributed by atoms with E-state index in [1.54, 1.807) is 12.1 Å². The molecule has 1 aromatic carbocycles. The Morgan fingerprint density at radius 1 is 1.45 bits per heavy atom. The number of halogens is 2. The standard InChI is InChI=1S/C14H17F2NO3/c1-8-5-10(8)13(18)17-7-9-3-4-11(20-14(15)16)12(6-9)19-2/h3-4,6,8,10,14H,5,7H2,1-2H3,(H,17,18)/t8-,10+/m0/s1. The molecule has 0 bridgehead atoms. The van der Waals surface area contributed by atoms with Crippen molar-refractivity contribution >= 4 is 5.91 Å². The number of carbonyl (C=O) groups is 1. The highest BCUT2D eigenvalue weighted by atomic mass is 19.3. The van der Waals surface area contributed by atoms with E-state index in [-0.39, 0.29) is 23.3 Å². The minimum Gasteiger partial charge on any atom is -0.493 e. The summed E-state index contributed by atoms with van der Waals surface area (Å²) < 4.78 is 33.7. The van der Waals surface area contributed by atoms with Gasteiger partial charge in [0, 0.05) is 12.5 Å². The molecule has 2 atom stereocenters. The highest BCUT2D eigenvalue weighted by molar-refractivity contribution is 5.81. The lowest BCUT2D eigenvalue weighted by molar-refractivity contribution is -0.122. The molecular formula is C14H17F2NO3. The summed E-state index contributed by atoms with van der Waals surface area (Å²) in [6.45, 7) is -0.525. The number of alkyl halides is 2. The van der Waals surface area contributed by atoms with Crippen LogP contribution >= 0.6 is 0 Å². The van der Waals surface area contributed by atoms with E-state index < -0.39 is 6.61 Å². The van der Waals surface area contributed by atoms with Gasteiger partial charge in [0.05, 0.1) is 7.11 Å². The van der Waals surface area contributed by atoms with Crippen molar-refractivity contribution in [1.29, 1.82) is 0 Å². The zero-order valence-electron chi connectivity index (χ0n) is 11.4.